The number of para-hydroxylation sites is 2. The normalized spacial score (nSPS) is 12.6. The highest BCUT2D eigenvalue weighted by molar-refractivity contribution is 7.99. The smallest absolute Gasteiger partial charge is 0.283 e. The lowest BCUT2D eigenvalue weighted by Crippen LogP contribution is -2.14. The van der Waals surface area contributed by atoms with Crippen molar-refractivity contribution in [1.29, 1.82) is 0 Å². The highest BCUT2D eigenvalue weighted by Crippen LogP contribution is 2.41. The lowest BCUT2D eigenvalue weighted by molar-refractivity contribution is -0.387. The van der Waals surface area contributed by atoms with Crippen molar-refractivity contribution in [2.75, 3.05) is 10.6 Å². The van der Waals surface area contributed by atoms with Crippen LogP contribution < -0.4 is 10.6 Å². The fourth-order valence-electron chi connectivity index (χ4n) is 4.54. The van der Waals surface area contributed by atoms with E-state index in [2.05, 4.69) is 15.6 Å². The predicted molar refractivity (Wildman–Crippen MR) is 161 cm³/mol. The van der Waals surface area contributed by atoms with Gasteiger partial charge in [0.05, 0.1) is 21.1 Å². The number of aliphatic imine (C=N–C) groups is 1. The van der Waals surface area contributed by atoms with Crippen LogP contribution in [-0.4, -0.2) is 23.0 Å². The Balaban J connectivity index is 1.44. The zero-order valence-corrected chi connectivity index (χ0v) is 23.3. The van der Waals surface area contributed by atoms with Gasteiger partial charge in [-0.2, -0.15) is 0 Å². The van der Waals surface area contributed by atoms with E-state index in [0.717, 1.165) is 31.2 Å². The molecule has 0 saturated carbocycles. The minimum Gasteiger partial charge on any atom is -0.325 e. The molecule has 202 valence electrons. The van der Waals surface area contributed by atoms with Crippen LogP contribution in [0.15, 0.2) is 87.6 Å². The molecular weight excluding hydrogens is 544 g/mol. The van der Waals surface area contributed by atoms with Crippen LogP contribution in [0.4, 0.5) is 22.1 Å². The van der Waals surface area contributed by atoms with Gasteiger partial charge in [-0.1, -0.05) is 48.2 Å². The highest BCUT2D eigenvalue weighted by atomic mass is 32.2. The molecule has 0 bridgehead atoms. The number of hydrogen-bond donors (Lipinski definition) is 2. The second kappa shape index (κ2) is 12.3. The van der Waals surface area contributed by atoms with Crippen molar-refractivity contribution in [3.63, 3.8) is 0 Å². The zero-order valence-electron chi connectivity index (χ0n) is 21.7. The molecule has 1 aliphatic rings. The Kier molecular flexibility index (Phi) is 8.37. The molecule has 40 heavy (non-hydrogen) atoms. The van der Waals surface area contributed by atoms with E-state index in [1.807, 2.05) is 36.4 Å². The Hall–Kier alpha value is -4.28. The quantitative estimate of drug-likeness (QED) is 0.128. The van der Waals surface area contributed by atoms with E-state index in [4.69, 9.17) is 0 Å². The van der Waals surface area contributed by atoms with Crippen LogP contribution in [0.5, 0.6) is 0 Å². The molecule has 1 heterocycles. The van der Waals surface area contributed by atoms with Gasteiger partial charge in [-0.15, -0.1) is 11.3 Å². The van der Waals surface area contributed by atoms with Crippen molar-refractivity contribution >= 4 is 63.2 Å². The third-order valence-corrected chi connectivity index (χ3v) is 8.68. The Morgan fingerprint density at radius 2 is 1.73 bits per heavy atom. The van der Waals surface area contributed by atoms with Crippen LogP contribution >= 0.6 is 23.1 Å². The van der Waals surface area contributed by atoms with Crippen molar-refractivity contribution in [2.24, 2.45) is 4.99 Å². The third-order valence-electron chi connectivity index (χ3n) is 6.34. The van der Waals surface area contributed by atoms with Gasteiger partial charge in [0, 0.05) is 34.7 Å². The monoisotopic (exact) mass is 570 g/mol. The van der Waals surface area contributed by atoms with Crippen molar-refractivity contribution in [1.82, 2.24) is 0 Å². The second-order valence-corrected chi connectivity index (χ2v) is 11.4. The van der Waals surface area contributed by atoms with Gasteiger partial charge in [-0.25, -0.2) is 4.99 Å². The first kappa shape index (κ1) is 27.3. The van der Waals surface area contributed by atoms with E-state index in [0.29, 0.717) is 37.3 Å². The molecule has 2 N–H and O–H groups in total. The van der Waals surface area contributed by atoms with Crippen LogP contribution in [0, 0.1) is 10.1 Å². The van der Waals surface area contributed by atoms with Crippen molar-refractivity contribution in [3.05, 3.63) is 104 Å². The Morgan fingerprint density at radius 1 is 0.975 bits per heavy atom. The minimum atomic E-state index is -0.427. The maximum atomic E-state index is 13.3. The maximum absolute atomic E-state index is 13.3. The number of hydrogen-bond acceptors (Lipinski definition) is 7. The summed E-state index contributed by atoms with van der Waals surface area (Å²) in [7, 11) is 0. The van der Waals surface area contributed by atoms with Gasteiger partial charge in [0.25, 0.3) is 11.6 Å². The van der Waals surface area contributed by atoms with E-state index in [1.165, 1.54) is 41.0 Å². The number of carbonyl (C=O) groups is 2. The highest BCUT2D eigenvalue weighted by Gasteiger charge is 2.25. The molecule has 0 atom stereocenters. The van der Waals surface area contributed by atoms with E-state index in [1.54, 1.807) is 36.5 Å². The topological polar surface area (TPSA) is 114 Å². The number of nitrogens with one attached hydrogen (secondary N) is 2. The van der Waals surface area contributed by atoms with E-state index in [9.17, 15) is 19.7 Å². The average Bonchev–Trinajstić information content (AvgIpc) is 3.32. The number of amides is 2. The molecule has 0 radical (unpaired) electrons. The number of benzene rings is 3. The van der Waals surface area contributed by atoms with Gasteiger partial charge in [0.1, 0.15) is 5.00 Å². The molecule has 1 aliphatic carbocycles. The summed E-state index contributed by atoms with van der Waals surface area (Å²) in [5.74, 6) is -0.422. The van der Waals surface area contributed by atoms with Gasteiger partial charge in [0.15, 0.2) is 0 Å². The number of nitro benzene ring substituents is 1. The van der Waals surface area contributed by atoms with Crippen LogP contribution in [0.3, 0.4) is 0 Å². The van der Waals surface area contributed by atoms with E-state index in [-0.39, 0.29) is 17.5 Å². The molecule has 8 nitrogen and oxygen atoms in total. The van der Waals surface area contributed by atoms with Gasteiger partial charge in [-0.05, 0) is 67.1 Å². The molecule has 0 aliphatic heterocycles. The standard InChI is InChI=1S/C30H26N4O4S2/c1-19(35)32-23-12-6-8-14-26(23)39-27-16-15-20(17-24(27)34(37)38)18-31-30-28(22-11-5-7-13-25(22)40-30)29(36)33-21-9-3-2-4-10-21/h2-4,6,8-10,12,14-18H,5,7,11,13H2,1H3,(H,32,35)(H,33,36). The molecule has 2 amide bonds. The summed E-state index contributed by atoms with van der Waals surface area (Å²) in [6, 6.07) is 21.4. The first-order chi connectivity index (χ1) is 19.4. The molecular formula is C30H26N4O4S2. The van der Waals surface area contributed by atoms with E-state index >= 15 is 0 Å². The van der Waals surface area contributed by atoms with Gasteiger partial charge >= 0.3 is 0 Å². The summed E-state index contributed by atoms with van der Waals surface area (Å²) < 4.78 is 0. The van der Waals surface area contributed by atoms with Crippen molar-refractivity contribution in [3.8, 4) is 0 Å². The maximum Gasteiger partial charge on any atom is 0.283 e. The van der Waals surface area contributed by atoms with Gasteiger partial charge in [0.2, 0.25) is 5.91 Å². The summed E-state index contributed by atoms with van der Waals surface area (Å²) in [5, 5.41) is 18.3. The van der Waals surface area contributed by atoms with Gasteiger partial charge < -0.3 is 10.6 Å². The molecule has 10 heteroatoms. The zero-order chi connectivity index (χ0) is 28.1. The lowest BCUT2D eigenvalue weighted by atomic mass is 9.95. The number of nitrogens with zero attached hydrogens (tertiary/aromatic N) is 2. The first-order valence-corrected chi connectivity index (χ1v) is 14.4. The molecule has 1 aromatic heterocycles. The SMILES string of the molecule is CC(=O)Nc1ccccc1Sc1ccc(C=Nc2sc3c(c2C(=O)Nc2ccccc2)CCCC3)cc1[N+](=O)[O-]. The number of anilines is 2. The second-order valence-electron chi connectivity index (χ2n) is 9.23. The Bertz CT molecular complexity index is 1620. The number of thiophene rings is 1. The molecule has 0 fully saturated rings. The largest absolute Gasteiger partial charge is 0.325 e. The summed E-state index contributed by atoms with van der Waals surface area (Å²) in [6.45, 7) is 1.42. The Morgan fingerprint density at radius 3 is 2.50 bits per heavy atom. The number of nitro groups is 1. The average molecular weight is 571 g/mol. The summed E-state index contributed by atoms with van der Waals surface area (Å²) in [6.07, 6.45) is 5.42. The molecule has 5 rings (SSSR count). The minimum absolute atomic E-state index is 0.0703. The van der Waals surface area contributed by atoms with Crippen LogP contribution in [0.1, 0.15) is 46.1 Å². The molecule has 0 spiro atoms. The molecule has 4 aromatic rings. The number of fused-ring (bicyclic) bond motifs is 1. The number of rotatable bonds is 8. The van der Waals surface area contributed by atoms with Crippen LogP contribution in [0.2, 0.25) is 0 Å². The molecule has 3 aromatic carbocycles. The van der Waals surface area contributed by atoms with E-state index < -0.39 is 4.92 Å². The first-order valence-electron chi connectivity index (χ1n) is 12.8. The van der Waals surface area contributed by atoms with Crippen molar-refractivity contribution < 1.29 is 14.5 Å². The van der Waals surface area contributed by atoms with Gasteiger partial charge in [-0.3, -0.25) is 19.7 Å². The summed E-state index contributed by atoms with van der Waals surface area (Å²) in [4.78, 5) is 43.4. The fourth-order valence-corrected chi connectivity index (χ4v) is 6.75. The lowest BCUT2D eigenvalue weighted by Gasteiger charge is -2.12. The fraction of sp³-hybridized carbons (Fsp3) is 0.167. The molecule has 0 unspecified atom stereocenters. The number of carbonyl (C=O) groups excluding carboxylic acids is 2. The van der Waals surface area contributed by atoms with Crippen LogP contribution in [0.25, 0.3) is 0 Å². The predicted octanol–water partition coefficient (Wildman–Crippen LogP) is 7.65. The van der Waals surface area contributed by atoms with Crippen molar-refractivity contribution in [2.45, 2.75) is 42.4 Å². The Labute approximate surface area is 239 Å². The summed E-state index contributed by atoms with van der Waals surface area (Å²) >= 11 is 2.72. The molecule has 0 saturated heterocycles. The van der Waals surface area contributed by atoms with Crippen LogP contribution in [-0.2, 0) is 17.6 Å². The number of aryl methyl sites for hydroxylation is 1. The summed E-state index contributed by atoms with van der Waals surface area (Å²) in [5.41, 5.74) is 3.40. The third kappa shape index (κ3) is 6.30.